The molecule has 1 aromatic rings. The Hall–Kier alpha value is -0.980. The highest BCUT2D eigenvalue weighted by Gasteiger charge is 2.11. The first-order valence-electron chi connectivity index (χ1n) is 5.83. The van der Waals surface area contributed by atoms with E-state index in [2.05, 4.69) is 4.72 Å². The van der Waals surface area contributed by atoms with Crippen molar-refractivity contribution in [1.29, 1.82) is 0 Å². The topological polar surface area (TPSA) is 49.4 Å². The van der Waals surface area contributed by atoms with E-state index in [0.29, 0.717) is 18.7 Å². The first-order valence-corrected chi connectivity index (χ1v) is 7.48. The number of halogens is 1. The van der Waals surface area contributed by atoms with Crippen molar-refractivity contribution < 1.29 is 12.8 Å². The lowest BCUT2D eigenvalue weighted by Crippen LogP contribution is -2.33. The van der Waals surface area contributed by atoms with Gasteiger partial charge in [0.1, 0.15) is 5.82 Å². The molecule has 1 aromatic carbocycles. The molecule has 0 radical (unpaired) electrons. The predicted molar refractivity (Wildman–Crippen MR) is 70.2 cm³/mol. The van der Waals surface area contributed by atoms with Crippen LogP contribution in [0.25, 0.3) is 0 Å². The molecule has 0 saturated heterocycles. The number of likely N-dealkylation sites (N-methyl/N-ethyl adjacent to an activating group) is 1. The highest BCUT2D eigenvalue weighted by molar-refractivity contribution is 7.88. The molecule has 6 heteroatoms. The lowest BCUT2D eigenvalue weighted by molar-refractivity contribution is 0.358. The van der Waals surface area contributed by atoms with Gasteiger partial charge in [0, 0.05) is 13.1 Å². The van der Waals surface area contributed by atoms with Gasteiger partial charge >= 0.3 is 0 Å². The zero-order chi connectivity index (χ0) is 13.6. The van der Waals surface area contributed by atoms with Gasteiger partial charge in [-0.1, -0.05) is 19.1 Å². The molecule has 102 valence electrons. The Labute approximate surface area is 108 Å². The minimum atomic E-state index is -3.35. The molecule has 0 atom stereocenters. The van der Waals surface area contributed by atoms with E-state index < -0.39 is 10.0 Å². The van der Waals surface area contributed by atoms with Crippen LogP contribution >= 0.6 is 0 Å². The summed E-state index contributed by atoms with van der Waals surface area (Å²) >= 11 is 0. The van der Waals surface area contributed by atoms with Crippen molar-refractivity contribution in [3.63, 3.8) is 0 Å². The molecule has 0 saturated carbocycles. The molecule has 0 aromatic heterocycles. The Morgan fingerprint density at radius 1 is 1.28 bits per heavy atom. The zero-order valence-corrected chi connectivity index (χ0v) is 11.5. The molecule has 0 spiro atoms. The van der Waals surface area contributed by atoms with Crippen molar-refractivity contribution in [2.75, 3.05) is 26.7 Å². The van der Waals surface area contributed by atoms with E-state index in [1.54, 1.807) is 0 Å². The van der Waals surface area contributed by atoms with Gasteiger partial charge in [-0.15, -0.1) is 0 Å². The molecule has 0 aliphatic carbocycles. The van der Waals surface area contributed by atoms with Gasteiger partial charge < -0.3 is 4.90 Å². The van der Waals surface area contributed by atoms with E-state index in [4.69, 9.17) is 0 Å². The van der Waals surface area contributed by atoms with Gasteiger partial charge in [0.05, 0.1) is 5.75 Å². The standard InChI is InChI=1S/C12H19FN2O2S/c1-3-15(2)9-8-14-18(16,17)10-11-4-6-12(13)7-5-11/h4-7,14H,3,8-10H2,1-2H3. The number of sulfonamides is 1. The lowest BCUT2D eigenvalue weighted by atomic mass is 10.2. The van der Waals surface area contributed by atoms with Gasteiger partial charge in [0.25, 0.3) is 0 Å². The van der Waals surface area contributed by atoms with E-state index in [0.717, 1.165) is 6.54 Å². The number of rotatable bonds is 7. The van der Waals surface area contributed by atoms with Crippen LogP contribution in [-0.2, 0) is 15.8 Å². The highest BCUT2D eigenvalue weighted by atomic mass is 32.2. The minimum Gasteiger partial charge on any atom is -0.305 e. The van der Waals surface area contributed by atoms with Crippen molar-refractivity contribution >= 4 is 10.0 Å². The summed E-state index contributed by atoms with van der Waals surface area (Å²) in [6, 6.07) is 5.48. The van der Waals surface area contributed by atoms with Crippen LogP contribution in [-0.4, -0.2) is 40.0 Å². The van der Waals surface area contributed by atoms with Gasteiger partial charge in [-0.05, 0) is 31.3 Å². The fraction of sp³-hybridized carbons (Fsp3) is 0.500. The largest absolute Gasteiger partial charge is 0.305 e. The van der Waals surface area contributed by atoms with Gasteiger partial charge in [-0.2, -0.15) is 0 Å². The molecule has 0 aliphatic heterocycles. The van der Waals surface area contributed by atoms with Crippen LogP contribution < -0.4 is 4.72 Å². The highest BCUT2D eigenvalue weighted by Crippen LogP contribution is 2.06. The normalized spacial score (nSPS) is 12.0. The molecule has 0 heterocycles. The molecule has 1 rings (SSSR count). The van der Waals surface area contributed by atoms with E-state index in [-0.39, 0.29) is 11.6 Å². The summed E-state index contributed by atoms with van der Waals surface area (Å²) in [7, 11) is -1.43. The van der Waals surface area contributed by atoms with Crippen LogP contribution in [0.1, 0.15) is 12.5 Å². The van der Waals surface area contributed by atoms with Crippen LogP contribution in [0.5, 0.6) is 0 Å². The first-order chi connectivity index (χ1) is 8.43. The summed E-state index contributed by atoms with van der Waals surface area (Å²) in [6.07, 6.45) is 0. The van der Waals surface area contributed by atoms with Gasteiger partial charge in [0.15, 0.2) is 0 Å². The Bertz CT molecular complexity index is 459. The monoisotopic (exact) mass is 274 g/mol. The van der Waals surface area contributed by atoms with Gasteiger partial charge in [-0.3, -0.25) is 0 Å². The molecule has 1 N–H and O–H groups in total. The van der Waals surface area contributed by atoms with Crippen molar-refractivity contribution in [3.8, 4) is 0 Å². The molecule has 0 aliphatic rings. The Kier molecular flexibility index (Phi) is 5.71. The van der Waals surface area contributed by atoms with E-state index in [9.17, 15) is 12.8 Å². The Balaban J connectivity index is 2.47. The van der Waals surface area contributed by atoms with Crippen LogP contribution in [0, 0.1) is 5.82 Å². The smallest absolute Gasteiger partial charge is 0.215 e. The number of hydrogen-bond donors (Lipinski definition) is 1. The maximum atomic E-state index is 12.7. The van der Waals surface area contributed by atoms with Crippen LogP contribution in [0.15, 0.2) is 24.3 Å². The van der Waals surface area contributed by atoms with Crippen molar-refractivity contribution in [2.24, 2.45) is 0 Å². The predicted octanol–water partition coefficient (Wildman–Crippen LogP) is 1.20. The molecule has 4 nitrogen and oxygen atoms in total. The summed E-state index contributed by atoms with van der Waals surface area (Å²) in [5.41, 5.74) is 0.577. The number of benzene rings is 1. The van der Waals surface area contributed by atoms with Crippen LogP contribution in [0.3, 0.4) is 0 Å². The van der Waals surface area contributed by atoms with Gasteiger partial charge in [0.2, 0.25) is 10.0 Å². The molecule has 0 amide bonds. The lowest BCUT2D eigenvalue weighted by Gasteiger charge is -2.14. The summed E-state index contributed by atoms with van der Waals surface area (Å²) < 4.78 is 38.7. The number of nitrogens with zero attached hydrogens (tertiary/aromatic N) is 1. The van der Waals surface area contributed by atoms with Crippen LogP contribution in [0.2, 0.25) is 0 Å². The zero-order valence-electron chi connectivity index (χ0n) is 10.7. The number of nitrogens with one attached hydrogen (secondary N) is 1. The molecular weight excluding hydrogens is 255 g/mol. The third kappa shape index (κ3) is 5.57. The molecule has 0 fully saturated rings. The van der Waals surface area contributed by atoms with Crippen molar-refractivity contribution in [3.05, 3.63) is 35.6 Å². The molecule has 0 unspecified atom stereocenters. The van der Waals surface area contributed by atoms with E-state index >= 15 is 0 Å². The second-order valence-electron chi connectivity index (χ2n) is 4.18. The quantitative estimate of drug-likeness (QED) is 0.812. The maximum Gasteiger partial charge on any atom is 0.215 e. The van der Waals surface area contributed by atoms with Gasteiger partial charge in [-0.25, -0.2) is 17.5 Å². The second kappa shape index (κ2) is 6.82. The maximum absolute atomic E-state index is 12.7. The van der Waals surface area contributed by atoms with E-state index in [1.807, 2.05) is 18.9 Å². The minimum absolute atomic E-state index is 0.122. The SMILES string of the molecule is CCN(C)CCNS(=O)(=O)Cc1ccc(F)cc1. The third-order valence-electron chi connectivity index (χ3n) is 2.63. The van der Waals surface area contributed by atoms with Crippen molar-refractivity contribution in [2.45, 2.75) is 12.7 Å². The third-order valence-corrected chi connectivity index (χ3v) is 3.98. The Morgan fingerprint density at radius 2 is 1.89 bits per heavy atom. The summed E-state index contributed by atoms with van der Waals surface area (Å²) in [5, 5.41) is 0. The molecule has 0 bridgehead atoms. The molecular formula is C12H19FN2O2S. The summed E-state index contributed by atoms with van der Waals surface area (Å²) in [5.74, 6) is -0.489. The van der Waals surface area contributed by atoms with E-state index in [1.165, 1.54) is 24.3 Å². The Morgan fingerprint density at radius 3 is 2.44 bits per heavy atom. The fourth-order valence-electron chi connectivity index (χ4n) is 1.40. The second-order valence-corrected chi connectivity index (χ2v) is 5.98. The average molecular weight is 274 g/mol. The fourth-order valence-corrected chi connectivity index (χ4v) is 2.54. The number of hydrogen-bond acceptors (Lipinski definition) is 3. The average Bonchev–Trinajstić information content (AvgIpc) is 2.31. The summed E-state index contributed by atoms with van der Waals surface area (Å²) in [4.78, 5) is 2.01. The first kappa shape index (κ1) is 15.1. The van der Waals surface area contributed by atoms with Crippen molar-refractivity contribution in [1.82, 2.24) is 9.62 Å². The molecule has 18 heavy (non-hydrogen) atoms. The summed E-state index contributed by atoms with van der Waals surface area (Å²) in [6.45, 7) is 3.93. The van der Waals surface area contributed by atoms with Crippen LogP contribution in [0.4, 0.5) is 4.39 Å².